The van der Waals surface area contributed by atoms with Crippen molar-refractivity contribution in [3.05, 3.63) is 40.8 Å². The van der Waals surface area contributed by atoms with E-state index in [0.717, 1.165) is 17.6 Å². The number of nitrogens with zero attached hydrogens (tertiary/aromatic N) is 1. The minimum Gasteiger partial charge on any atom is -0.491 e. The predicted molar refractivity (Wildman–Crippen MR) is 94.4 cm³/mol. The Balaban J connectivity index is 2.13. The van der Waals surface area contributed by atoms with Gasteiger partial charge in [0.2, 0.25) is 0 Å². The Labute approximate surface area is 142 Å². The Morgan fingerprint density at radius 1 is 1.17 bits per heavy atom. The third kappa shape index (κ3) is 4.85. The summed E-state index contributed by atoms with van der Waals surface area (Å²) in [5.41, 5.74) is -0.204. The molecule has 0 aliphatic rings. The van der Waals surface area contributed by atoms with E-state index in [9.17, 15) is 9.59 Å². The molecular weight excluding hydrogens is 306 g/mol. The van der Waals surface area contributed by atoms with Crippen molar-refractivity contribution in [2.45, 2.75) is 46.8 Å². The van der Waals surface area contributed by atoms with Crippen molar-refractivity contribution in [3.63, 3.8) is 0 Å². The van der Waals surface area contributed by atoms with E-state index >= 15 is 0 Å². The third-order valence-electron chi connectivity index (χ3n) is 3.58. The number of aromatic nitrogens is 1. The molecule has 5 heteroatoms. The van der Waals surface area contributed by atoms with Crippen molar-refractivity contribution in [3.8, 4) is 5.75 Å². The van der Waals surface area contributed by atoms with Crippen molar-refractivity contribution in [1.82, 2.24) is 4.57 Å². The molecule has 0 unspecified atom stereocenters. The van der Waals surface area contributed by atoms with Crippen molar-refractivity contribution in [2.24, 2.45) is 5.92 Å². The van der Waals surface area contributed by atoms with Gasteiger partial charge in [0.1, 0.15) is 12.3 Å². The van der Waals surface area contributed by atoms with Crippen LogP contribution in [-0.4, -0.2) is 23.2 Å². The van der Waals surface area contributed by atoms with Crippen LogP contribution in [0.25, 0.3) is 10.8 Å². The fourth-order valence-corrected chi connectivity index (χ4v) is 2.33. The maximum absolute atomic E-state index is 12.5. The van der Waals surface area contributed by atoms with E-state index in [-0.39, 0.29) is 18.2 Å². The molecule has 0 aliphatic heterocycles. The van der Waals surface area contributed by atoms with Crippen LogP contribution < -0.4 is 10.3 Å². The number of fused-ring (bicyclic) bond motifs is 1. The molecule has 130 valence electrons. The second kappa shape index (κ2) is 7.99. The summed E-state index contributed by atoms with van der Waals surface area (Å²) < 4.78 is 12.2. The molecule has 0 spiro atoms. The lowest BCUT2D eigenvalue weighted by Crippen LogP contribution is -2.25. The summed E-state index contributed by atoms with van der Waals surface area (Å²) in [6.45, 7) is 8.35. The summed E-state index contributed by atoms with van der Waals surface area (Å²) in [6.07, 6.45) is 2.51. The van der Waals surface area contributed by atoms with Gasteiger partial charge in [0.25, 0.3) is 5.56 Å². The maximum Gasteiger partial charge on any atom is 0.326 e. The first kappa shape index (κ1) is 18.0. The third-order valence-corrected chi connectivity index (χ3v) is 3.58. The van der Waals surface area contributed by atoms with Crippen molar-refractivity contribution in [1.29, 1.82) is 0 Å². The van der Waals surface area contributed by atoms with Crippen molar-refractivity contribution < 1.29 is 14.3 Å². The molecule has 0 bridgehead atoms. The molecule has 0 atom stereocenters. The van der Waals surface area contributed by atoms with E-state index in [2.05, 4.69) is 13.8 Å². The second-order valence-corrected chi connectivity index (χ2v) is 6.57. The molecule has 5 nitrogen and oxygen atoms in total. The van der Waals surface area contributed by atoms with Gasteiger partial charge in [0.15, 0.2) is 0 Å². The van der Waals surface area contributed by atoms with Crippen LogP contribution in [0.5, 0.6) is 5.75 Å². The highest BCUT2D eigenvalue weighted by atomic mass is 16.5. The molecule has 0 saturated carbocycles. The summed E-state index contributed by atoms with van der Waals surface area (Å²) in [7, 11) is 0. The van der Waals surface area contributed by atoms with Gasteiger partial charge in [-0.05, 0) is 55.8 Å². The maximum atomic E-state index is 12.5. The van der Waals surface area contributed by atoms with Crippen molar-refractivity contribution >= 4 is 16.7 Å². The quantitative estimate of drug-likeness (QED) is 0.730. The minimum absolute atomic E-state index is 0.0723. The van der Waals surface area contributed by atoms with Crippen LogP contribution in [0.1, 0.15) is 34.1 Å². The van der Waals surface area contributed by atoms with Gasteiger partial charge in [0, 0.05) is 11.6 Å². The molecule has 0 N–H and O–H groups in total. The molecule has 1 aromatic heterocycles. The van der Waals surface area contributed by atoms with Crippen LogP contribution in [-0.2, 0) is 16.1 Å². The summed E-state index contributed by atoms with van der Waals surface area (Å²) in [5, 5.41) is 1.35. The number of hydrogen-bond donors (Lipinski definition) is 0. The number of esters is 1. The molecule has 0 radical (unpaired) electrons. The van der Waals surface area contributed by atoms with Gasteiger partial charge in [0.05, 0.1) is 12.7 Å². The minimum atomic E-state index is -0.392. The fraction of sp³-hybridized carbons (Fsp3) is 0.474. The average molecular weight is 331 g/mol. The number of rotatable bonds is 7. The predicted octanol–water partition coefficient (Wildman–Crippen LogP) is 3.38. The molecule has 24 heavy (non-hydrogen) atoms. The molecule has 0 saturated heterocycles. The Bertz CT molecular complexity index is 762. The first-order valence-electron chi connectivity index (χ1n) is 8.32. The van der Waals surface area contributed by atoms with E-state index in [4.69, 9.17) is 9.47 Å². The molecule has 0 amide bonds. The number of ether oxygens (including phenoxy) is 2. The smallest absolute Gasteiger partial charge is 0.326 e. The molecule has 1 heterocycles. The summed E-state index contributed by atoms with van der Waals surface area (Å²) in [6, 6.07) is 7.15. The Morgan fingerprint density at radius 2 is 1.92 bits per heavy atom. The first-order chi connectivity index (χ1) is 11.4. The Kier molecular flexibility index (Phi) is 6.01. The van der Waals surface area contributed by atoms with Crippen LogP contribution >= 0.6 is 0 Å². The van der Waals surface area contributed by atoms with Gasteiger partial charge in [-0.15, -0.1) is 0 Å². The Morgan fingerprint density at radius 3 is 2.58 bits per heavy atom. The number of carbonyl (C=O) groups is 1. The highest BCUT2D eigenvalue weighted by Gasteiger charge is 2.09. The van der Waals surface area contributed by atoms with Gasteiger partial charge in [-0.3, -0.25) is 9.59 Å². The van der Waals surface area contributed by atoms with Crippen molar-refractivity contribution in [2.75, 3.05) is 6.61 Å². The summed E-state index contributed by atoms with van der Waals surface area (Å²) in [4.78, 5) is 24.3. The van der Waals surface area contributed by atoms with Gasteiger partial charge in [-0.1, -0.05) is 13.8 Å². The SMILES string of the molecule is CC(C)CCOC(=O)Cn1ccc2cc(OC(C)C)ccc2c1=O. The monoisotopic (exact) mass is 331 g/mol. The van der Waals surface area contributed by atoms with Crippen LogP contribution in [0, 0.1) is 5.92 Å². The molecule has 2 aromatic rings. The van der Waals surface area contributed by atoms with Crippen LogP contribution in [0.3, 0.4) is 0 Å². The average Bonchev–Trinajstić information content (AvgIpc) is 2.49. The van der Waals surface area contributed by atoms with Gasteiger partial charge < -0.3 is 14.0 Å². The van der Waals surface area contributed by atoms with Gasteiger partial charge in [-0.2, -0.15) is 0 Å². The zero-order chi connectivity index (χ0) is 17.7. The normalized spacial score (nSPS) is 11.2. The van der Waals surface area contributed by atoms with Gasteiger partial charge in [-0.25, -0.2) is 0 Å². The standard InChI is InChI=1S/C19H25NO4/c1-13(2)8-10-23-18(21)12-20-9-7-15-11-16(24-14(3)4)5-6-17(15)19(20)22/h5-7,9,11,13-14H,8,10,12H2,1-4H3. The summed E-state index contributed by atoms with van der Waals surface area (Å²) >= 11 is 0. The molecule has 1 aromatic carbocycles. The number of carbonyl (C=O) groups excluding carboxylic acids is 1. The van der Waals surface area contributed by atoms with Crippen LogP contribution in [0.2, 0.25) is 0 Å². The molecule has 0 fully saturated rings. The zero-order valence-corrected chi connectivity index (χ0v) is 14.7. The summed E-state index contributed by atoms with van der Waals surface area (Å²) in [5.74, 6) is 0.808. The van der Waals surface area contributed by atoms with E-state index in [1.54, 1.807) is 18.3 Å². The lowest BCUT2D eigenvalue weighted by Gasteiger charge is -2.11. The first-order valence-corrected chi connectivity index (χ1v) is 8.32. The molecule has 0 aliphatic carbocycles. The van der Waals surface area contributed by atoms with Crippen LogP contribution in [0.4, 0.5) is 0 Å². The van der Waals surface area contributed by atoms with E-state index in [0.29, 0.717) is 17.9 Å². The fourth-order valence-electron chi connectivity index (χ4n) is 2.33. The Hall–Kier alpha value is -2.30. The van der Waals surface area contributed by atoms with Crippen LogP contribution in [0.15, 0.2) is 35.3 Å². The molecule has 2 rings (SSSR count). The largest absolute Gasteiger partial charge is 0.491 e. The van der Waals surface area contributed by atoms with E-state index in [1.165, 1.54) is 4.57 Å². The van der Waals surface area contributed by atoms with Gasteiger partial charge >= 0.3 is 5.97 Å². The highest BCUT2D eigenvalue weighted by Crippen LogP contribution is 2.19. The molecular formula is C19H25NO4. The van der Waals surface area contributed by atoms with E-state index in [1.807, 2.05) is 26.0 Å². The zero-order valence-electron chi connectivity index (χ0n) is 14.7. The number of hydrogen-bond acceptors (Lipinski definition) is 4. The second-order valence-electron chi connectivity index (χ2n) is 6.57. The lowest BCUT2D eigenvalue weighted by atomic mass is 10.1. The number of pyridine rings is 1. The highest BCUT2D eigenvalue weighted by molar-refractivity contribution is 5.83. The number of benzene rings is 1. The topological polar surface area (TPSA) is 57.5 Å². The lowest BCUT2D eigenvalue weighted by molar-refractivity contribution is -0.144. The van der Waals surface area contributed by atoms with E-state index < -0.39 is 5.97 Å².